The van der Waals surface area contributed by atoms with Gasteiger partial charge < -0.3 is 10.6 Å². The maximum absolute atomic E-state index is 13.4. The lowest BCUT2D eigenvalue weighted by Gasteiger charge is -2.07. The fourth-order valence-corrected chi connectivity index (χ4v) is 2.70. The van der Waals surface area contributed by atoms with Crippen molar-refractivity contribution in [2.45, 2.75) is 13.5 Å². The van der Waals surface area contributed by atoms with Crippen LogP contribution in [0, 0.1) is 18.6 Å². The Balaban J connectivity index is 1.68. The highest BCUT2D eigenvalue weighted by molar-refractivity contribution is 8.00. The van der Waals surface area contributed by atoms with E-state index in [-0.39, 0.29) is 34.8 Å². The van der Waals surface area contributed by atoms with Crippen molar-refractivity contribution in [2.24, 2.45) is 0 Å². The third kappa shape index (κ3) is 6.19. The van der Waals surface area contributed by atoms with Gasteiger partial charge in [-0.15, -0.1) is 11.8 Å². The summed E-state index contributed by atoms with van der Waals surface area (Å²) in [6.07, 6.45) is 0. The van der Waals surface area contributed by atoms with E-state index in [2.05, 4.69) is 10.6 Å². The van der Waals surface area contributed by atoms with Crippen molar-refractivity contribution in [3.05, 3.63) is 65.2 Å². The van der Waals surface area contributed by atoms with E-state index in [0.29, 0.717) is 12.1 Å². The summed E-state index contributed by atoms with van der Waals surface area (Å²) in [4.78, 5) is 23.5. The van der Waals surface area contributed by atoms with Gasteiger partial charge in [-0.2, -0.15) is 0 Å². The molecule has 2 aromatic rings. The summed E-state index contributed by atoms with van der Waals surface area (Å²) in [7, 11) is 0. The second-order valence-corrected chi connectivity index (χ2v) is 6.37. The number of aryl methyl sites for hydroxylation is 1. The first-order valence-corrected chi connectivity index (χ1v) is 8.75. The topological polar surface area (TPSA) is 58.2 Å². The Morgan fingerprint density at radius 3 is 2.44 bits per heavy atom. The van der Waals surface area contributed by atoms with Crippen LogP contribution in [0.3, 0.4) is 0 Å². The van der Waals surface area contributed by atoms with Crippen LogP contribution in [-0.4, -0.2) is 23.3 Å². The predicted octanol–water partition coefficient (Wildman–Crippen LogP) is 3.26. The molecule has 0 aliphatic heterocycles. The zero-order valence-corrected chi connectivity index (χ0v) is 14.5. The summed E-state index contributed by atoms with van der Waals surface area (Å²) in [6.45, 7) is 1.95. The maximum atomic E-state index is 13.4. The molecule has 2 aromatic carbocycles. The van der Waals surface area contributed by atoms with E-state index in [1.807, 2.05) is 0 Å². The van der Waals surface area contributed by atoms with Crippen LogP contribution in [0.1, 0.15) is 11.1 Å². The van der Waals surface area contributed by atoms with E-state index >= 15 is 0 Å². The van der Waals surface area contributed by atoms with Crippen LogP contribution < -0.4 is 10.6 Å². The number of anilines is 1. The van der Waals surface area contributed by atoms with Crippen LogP contribution in [0.25, 0.3) is 0 Å². The first kappa shape index (κ1) is 18.9. The number of benzene rings is 2. The SMILES string of the molecule is Cc1cc(CNC(=O)CSCC(=O)Nc2ccccc2F)ccc1F. The highest BCUT2D eigenvalue weighted by Gasteiger charge is 2.08. The van der Waals surface area contributed by atoms with Crippen molar-refractivity contribution in [1.29, 1.82) is 0 Å². The van der Waals surface area contributed by atoms with Gasteiger partial charge in [0.2, 0.25) is 11.8 Å². The number of amides is 2. The number of rotatable bonds is 7. The van der Waals surface area contributed by atoms with Gasteiger partial charge in [0.05, 0.1) is 17.2 Å². The normalized spacial score (nSPS) is 10.4. The number of hydrogen-bond donors (Lipinski definition) is 2. The lowest BCUT2D eigenvalue weighted by atomic mass is 10.1. The Morgan fingerprint density at radius 1 is 1.00 bits per heavy atom. The second-order valence-electron chi connectivity index (χ2n) is 5.38. The van der Waals surface area contributed by atoms with Gasteiger partial charge in [-0.3, -0.25) is 9.59 Å². The number of carbonyl (C=O) groups is 2. The summed E-state index contributed by atoms with van der Waals surface area (Å²) >= 11 is 1.13. The Hall–Kier alpha value is -2.41. The van der Waals surface area contributed by atoms with Crippen LogP contribution in [-0.2, 0) is 16.1 Å². The zero-order valence-electron chi connectivity index (χ0n) is 13.6. The molecule has 2 N–H and O–H groups in total. The van der Waals surface area contributed by atoms with Crippen LogP contribution in [0.2, 0.25) is 0 Å². The van der Waals surface area contributed by atoms with Gasteiger partial charge in [0, 0.05) is 6.54 Å². The first-order chi connectivity index (χ1) is 12.0. The van der Waals surface area contributed by atoms with E-state index in [0.717, 1.165) is 17.3 Å². The van der Waals surface area contributed by atoms with Gasteiger partial charge in [0.1, 0.15) is 11.6 Å². The third-order valence-electron chi connectivity index (χ3n) is 3.33. The Morgan fingerprint density at radius 2 is 1.72 bits per heavy atom. The van der Waals surface area contributed by atoms with Gasteiger partial charge in [-0.05, 0) is 36.2 Å². The summed E-state index contributed by atoms with van der Waals surface area (Å²) in [5, 5.41) is 5.16. The van der Waals surface area contributed by atoms with Gasteiger partial charge in [0.15, 0.2) is 0 Å². The number of halogens is 2. The van der Waals surface area contributed by atoms with Crippen molar-refractivity contribution in [2.75, 3.05) is 16.8 Å². The number of carbonyl (C=O) groups excluding carboxylic acids is 2. The van der Waals surface area contributed by atoms with Crippen molar-refractivity contribution in [3.63, 3.8) is 0 Å². The summed E-state index contributed by atoms with van der Waals surface area (Å²) < 4.78 is 26.6. The van der Waals surface area contributed by atoms with Crippen molar-refractivity contribution < 1.29 is 18.4 Å². The van der Waals surface area contributed by atoms with Crippen LogP contribution in [0.4, 0.5) is 14.5 Å². The molecule has 0 radical (unpaired) electrons. The molecule has 25 heavy (non-hydrogen) atoms. The Kier molecular flexibility index (Phi) is 6.94. The minimum absolute atomic E-state index is 0.0391. The van der Waals surface area contributed by atoms with E-state index in [1.54, 1.807) is 25.1 Å². The van der Waals surface area contributed by atoms with Crippen molar-refractivity contribution in [3.8, 4) is 0 Å². The molecule has 4 nitrogen and oxygen atoms in total. The van der Waals surface area contributed by atoms with E-state index in [4.69, 9.17) is 0 Å². The number of thioether (sulfide) groups is 1. The fraction of sp³-hybridized carbons (Fsp3) is 0.222. The van der Waals surface area contributed by atoms with Gasteiger partial charge >= 0.3 is 0 Å². The molecule has 0 saturated carbocycles. The molecule has 0 unspecified atom stereocenters. The van der Waals surface area contributed by atoms with Gasteiger partial charge in [-0.1, -0.05) is 24.3 Å². The molecular formula is C18H18F2N2O2S. The van der Waals surface area contributed by atoms with Crippen LogP contribution in [0.5, 0.6) is 0 Å². The Labute approximate surface area is 149 Å². The summed E-state index contributed by atoms with van der Waals surface area (Å²) in [6, 6.07) is 10.5. The molecule has 0 heterocycles. The highest BCUT2D eigenvalue weighted by atomic mass is 32.2. The summed E-state index contributed by atoms with van der Waals surface area (Å²) in [5.74, 6) is -1.26. The lowest BCUT2D eigenvalue weighted by molar-refractivity contribution is -0.118. The number of nitrogens with one attached hydrogen (secondary N) is 2. The van der Waals surface area contributed by atoms with E-state index in [9.17, 15) is 18.4 Å². The highest BCUT2D eigenvalue weighted by Crippen LogP contribution is 2.13. The van der Waals surface area contributed by atoms with E-state index < -0.39 is 5.82 Å². The number of hydrogen-bond acceptors (Lipinski definition) is 3. The monoisotopic (exact) mass is 364 g/mol. The zero-order chi connectivity index (χ0) is 18.2. The molecule has 0 saturated heterocycles. The fourth-order valence-electron chi connectivity index (χ4n) is 2.05. The molecule has 2 amide bonds. The summed E-state index contributed by atoms with van der Waals surface area (Å²) in [5.41, 5.74) is 1.43. The first-order valence-electron chi connectivity index (χ1n) is 7.59. The molecule has 0 aliphatic rings. The minimum atomic E-state index is -0.506. The molecule has 0 bridgehead atoms. The van der Waals surface area contributed by atoms with Crippen LogP contribution >= 0.6 is 11.8 Å². The molecule has 0 atom stereocenters. The molecule has 0 aromatic heterocycles. The number of para-hydroxylation sites is 1. The molecule has 2 rings (SSSR count). The largest absolute Gasteiger partial charge is 0.351 e. The smallest absolute Gasteiger partial charge is 0.234 e. The van der Waals surface area contributed by atoms with E-state index in [1.165, 1.54) is 24.3 Å². The molecule has 0 fully saturated rings. The Bertz CT molecular complexity index is 768. The van der Waals surface area contributed by atoms with Gasteiger partial charge in [0.25, 0.3) is 0 Å². The quantitative estimate of drug-likeness (QED) is 0.793. The average Bonchev–Trinajstić information content (AvgIpc) is 2.58. The maximum Gasteiger partial charge on any atom is 0.234 e. The molecule has 0 spiro atoms. The molecule has 0 aliphatic carbocycles. The predicted molar refractivity (Wildman–Crippen MR) is 95.3 cm³/mol. The average molecular weight is 364 g/mol. The lowest BCUT2D eigenvalue weighted by Crippen LogP contribution is -2.25. The standard InChI is InChI=1S/C18H18F2N2O2S/c1-12-8-13(6-7-14(12)19)9-21-17(23)10-25-11-18(24)22-16-5-3-2-4-15(16)20/h2-8H,9-11H2,1H3,(H,21,23)(H,22,24). The molecule has 7 heteroatoms. The molecular weight excluding hydrogens is 346 g/mol. The second kappa shape index (κ2) is 9.17. The third-order valence-corrected chi connectivity index (χ3v) is 4.26. The minimum Gasteiger partial charge on any atom is -0.351 e. The van der Waals surface area contributed by atoms with Gasteiger partial charge in [-0.25, -0.2) is 8.78 Å². The molecule has 132 valence electrons. The van der Waals surface area contributed by atoms with Crippen LogP contribution in [0.15, 0.2) is 42.5 Å². The van der Waals surface area contributed by atoms with Crippen molar-refractivity contribution >= 4 is 29.3 Å². The van der Waals surface area contributed by atoms with Crippen molar-refractivity contribution in [1.82, 2.24) is 5.32 Å².